The Bertz CT molecular complexity index is 496. The topological polar surface area (TPSA) is 35.5 Å². The minimum absolute atomic E-state index is 0.405. The molecular formula is C16H18O3. The van der Waals surface area contributed by atoms with Crippen LogP contribution in [0.5, 0.6) is 0 Å². The van der Waals surface area contributed by atoms with E-state index < -0.39 is 5.97 Å². The van der Waals surface area contributed by atoms with Gasteiger partial charge in [-0.2, -0.15) is 0 Å². The fraction of sp³-hybridized carbons (Fsp3) is 0.188. The Labute approximate surface area is 113 Å². The fourth-order valence-corrected chi connectivity index (χ4v) is 1.49. The fourth-order valence-electron chi connectivity index (χ4n) is 1.49. The number of hydrogen-bond donors (Lipinski definition) is 0. The lowest BCUT2D eigenvalue weighted by Gasteiger charge is -2.04. The van der Waals surface area contributed by atoms with Gasteiger partial charge in [0, 0.05) is 0 Å². The van der Waals surface area contributed by atoms with E-state index in [1.165, 1.54) is 20.5 Å². The summed E-state index contributed by atoms with van der Waals surface area (Å²) in [6.45, 7) is 1.83. The largest absolute Gasteiger partial charge is 0.503 e. The molecule has 0 aliphatic carbocycles. The van der Waals surface area contributed by atoms with Crippen molar-refractivity contribution in [1.29, 1.82) is 0 Å². The summed E-state index contributed by atoms with van der Waals surface area (Å²) in [5.41, 5.74) is 2.28. The van der Waals surface area contributed by atoms with Crippen LogP contribution in [-0.4, -0.2) is 20.2 Å². The molecule has 0 spiro atoms. The van der Waals surface area contributed by atoms with Gasteiger partial charge in [0.15, 0.2) is 0 Å². The van der Waals surface area contributed by atoms with E-state index >= 15 is 0 Å². The van der Waals surface area contributed by atoms with Crippen LogP contribution in [0.15, 0.2) is 59.9 Å². The van der Waals surface area contributed by atoms with E-state index in [0.717, 1.165) is 11.1 Å². The van der Waals surface area contributed by atoms with E-state index in [0.29, 0.717) is 5.57 Å². The average molecular weight is 258 g/mol. The number of carbonyl (C=O) groups is 1. The smallest absolute Gasteiger partial charge is 0.341 e. The van der Waals surface area contributed by atoms with Crippen molar-refractivity contribution in [2.24, 2.45) is 0 Å². The number of ether oxygens (including phenoxy) is 2. The summed E-state index contributed by atoms with van der Waals surface area (Å²) < 4.78 is 9.58. The van der Waals surface area contributed by atoms with E-state index in [1.54, 1.807) is 0 Å². The summed E-state index contributed by atoms with van der Waals surface area (Å²) in [6, 6.07) is 9.93. The van der Waals surface area contributed by atoms with Crippen LogP contribution in [0.3, 0.4) is 0 Å². The van der Waals surface area contributed by atoms with Crippen molar-refractivity contribution in [3.8, 4) is 0 Å². The summed E-state index contributed by atoms with van der Waals surface area (Å²) >= 11 is 0. The predicted octanol–water partition coefficient (Wildman–Crippen LogP) is 3.35. The van der Waals surface area contributed by atoms with Crippen molar-refractivity contribution in [2.75, 3.05) is 14.2 Å². The number of allylic oxidation sites excluding steroid dienone is 2. The maximum atomic E-state index is 11.5. The van der Waals surface area contributed by atoms with Crippen LogP contribution in [0.25, 0.3) is 6.08 Å². The zero-order valence-corrected chi connectivity index (χ0v) is 11.4. The van der Waals surface area contributed by atoms with Crippen LogP contribution in [0, 0.1) is 0 Å². The molecule has 3 nitrogen and oxygen atoms in total. The van der Waals surface area contributed by atoms with Crippen molar-refractivity contribution in [1.82, 2.24) is 0 Å². The molecule has 0 unspecified atom stereocenters. The third kappa shape index (κ3) is 4.84. The van der Waals surface area contributed by atoms with Gasteiger partial charge >= 0.3 is 5.97 Å². The lowest BCUT2D eigenvalue weighted by Crippen LogP contribution is -2.06. The molecule has 100 valence electrons. The molecule has 0 atom stereocenters. The molecule has 0 amide bonds. The lowest BCUT2D eigenvalue weighted by molar-refractivity contribution is -0.135. The third-order valence-corrected chi connectivity index (χ3v) is 2.50. The Morgan fingerprint density at radius 3 is 2.42 bits per heavy atom. The molecule has 1 rings (SSSR count). The number of methoxy groups -OCH3 is 2. The second-order valence-corrected chi connectivity index (χ2v) is 3.88. The van der Waals surface area contributed by atoms with Crippen LogP contribution in [0.4, 0.5) is 0 Å². The second kappa shape index (κ2) is 7.93. The zero-order chi connectivity index (χ0) is 14.1. The molecule has 1 aromatic carbocycles. The summed E-state index contributed by atoms with van der Waals surface area (Å²) in [5, 5.41) is 0. The number of rotatable bonds is 5. The average Bonchev–Trinajstić information content (AvgIpc) is 2.45. The van der Waals surface area contributed by atoms with Gasteiger partial charge in [-0.15, -0.1) is 0 Å². The molecule has 0 N–H and O–H groups in total. The highest BCUT2D eigenvalue weighted by Crippen LogP contribution is 2.12. The SMILES string of the molecule is CO\C=C(C(=O)OC)/C(C)=C\C=C\c1ccccc1. The first-order valence-electron chi connectivity index (χ1n) is 5.90. The standard InChI is InChI=1S/C16H18O3/c1-13(15(12-18-2)16(17)19-3)8-7-11-14-9-5-4-6-10-14/h4-12H,1-3H3/b11-7+,13-8-,15-12+. The molecule has 0 aliphatic rings. The predicted molar refractivity (Wildman–Crippen MR) is 76.3 cm³/mol. The highest BCUT2D eigenvalue weighted by Gasteiger charge is 2.11. The normalized spacial score (nSPS) is 12.6. The summed E-state index contributed by atoms with van der Waals surface area (Å²) in [6.07, 6.45) is 7.07. The van der Waals surface area contributed by atoms with Gasteiger partial charge in [0.25, 0.3) is 0 Å². The molecule has 0 heterocycles. The quantitative estimate of drug-likeness (QED) is 0.351. The van der Waals surface area contributed by atoms with Crippen LogP contribution in [0.2, 0.25) is 0 Å². The van der Waals surface area contributed by atoms with E-state index in [9.17, 15) is 4.79 Å². The van der Waals surface area contributed by atoms with E-state index in [1.807, 2.05) is 55.5 Å². The minimum atomic E-state index is -0.413. The number of hydrogen-bond acceptors (Lipinski definition) is 3. The van der Waals surface area contributed by atoms with E-state index in [4.69, 9.17) is 9.47 Å². The first-order chi connectivity index (χ1) is 9.19. The van der Waals surface area contributed by atoms with Gasteiger partial charge in [-0.05, 0) is 18.1 Å². The molecule has 0 aromatic heterocycles. The van der Waals surface area contributed by atoms with Gasteiger partial charge < -0.3 is 9.47 Å². The van der Waals surface area contributed by atoms with Gasteiger partial charge in [-0.1, -0.05) is 48.6 Å². The Kier molecular flexibility index (Phi) is 6.16. The van der Waals surface area contributed by atoms with Crippen LogP contribution < -0.4 is 0 Å². The van der Waals surface area contributed by atoms with Crippen LogP contribution in [-0.2, 0) is 14.3 Å². The molecule has 0 radical (unpaired) electrons. The van der Waals surface area contributed by atoms with Crippen LogP contribution >= 0.6 is 0 Å². The molecule has 0 fully saturated rings. The molecule has 1 aromatic rings. The summed E-state index contributed by atoms with van der Waals surface area (Å²) in [5.74, 6) is -0.413. The number of carbonyl (C=O) groups excluding carboxylic acids is 1. The molecule has 0 aliphatic heterocycles. The highest BCUT2D eigenvalue weighted by atomic mass is 16.5. The Morgan fingerprint density at radius 2 is 1.84 bits per heavy atom. The third-order valence-electron chi connectivity index (χ3n) is 2.50. The number of esters is 1. The second-order valence-electron chi connectivity index (χ2n) is 3.88. The molecule has 0 saturated heterocycles. The minimum Gasteiger partial charge on any atom is -0.503 e. The summed E-state index contributed by atoms with van der Waals surface area (Å²) in [4.78, 5) is 11.5. The maximum absolute atomic E-state index is 11.5. The molecular weight excluding hydrogens is 240 g/mol. The first kappa shape index (κ1) is 14.8. The van der Waals surface area contributed by atoms with Gasteiger partial charge in [-0.3, -0.25) is 0 Å². The Balaban J connectivity index is 2.83. The highest BCUT2D eigenvalue weighted by molar-refractivity contribution is 5.92. The molecule has 0 saturated carbocycles. The van der Waals surface area contributed by atoms with E-state index in [2.05, 4.69) is 0 Å². The molecule has 3 heteroatoms. The van der Waals surface area contributed by atoms with Crippen molar-refractivity contribution >= 4 is 12.0 Å². The van der Waals surface area contributed by atoms with Crippen LogP contribution in [0.1, 0.15) is 12.5 Å². The zero-order valence-electron chi connectivity index (χ0n) is 11.4. The van der Waals surface area contributed by atoms with Gasteiger partial charge in [0.1, 0.15) is 0 Å². The van der Waals surface area contributed by atoms with Crippen molar-refractivity contribution in [2.45, 2.75) is 6.92 Å². The maximum Gasteiger partial charge on any atom is 0.341 e. The van der Waals surface area contributed by atoms with Crippen molar-refractivity contribution in [3.63, 3.8) is 0 Å². The van der Waals surface area contributed by atoms with Crippen molar-refractivity contribution < 1.29 is 14.3 Å². The van der Waals surface area contributed by atoms with Gasteiger partial charge in [0.05, 0.1) is 26.1 Å². The Hall–Kier alpha value is -2.29. The molecule has 0 bridgehead atoms. The Morgan fingerprint density at radius 1 is 1.16 bits per heavy atom. The summed E-state index contributed by atoms with van der Waals surface area (Å²) in [7, 11) is 2.84. The first-order valence-corrected chi connectivity index (χ1v) is 5.90. The molecule has 19 heavy (non-hydrogen) atoms. The van der Waals surface area contributed by atoms with E-state index in [-0.39, 0.29) is 0 Å². The van der Waals surface area contributed by atoms with Gasteiger partial charge in [0.2, 0.25) is 0 Å². The monoisotopic (exact) mass is 258 g/mol. The van der Waals surface area contributed by atoms with Crippen molar-refractivity contribution in [3.05, 3.63) is 65.5 Å². The number of benzene rings is 1. The lowest BCUT2D eigenvalue weighted by atomic mass is 10.1. The van der Waals surface area contributed by atoms with Gasteiger partial charge in [-0.25, -0.2) is 4.79 Å².